The van der Waals surface area contributed by atoms with E-state index in [0.717, 1.165) is 12.4 Å². The van der Waals surface area contributed by atoms with Gasteiger partial charge in [-0.25, -0.2) is 0 Å². The van der Waals surface area contributed by atoms with Crippen LogP contribution in [0.4, 0.5) is 0 Å². The van der Waals surface area contributed by atoms with Crippen LogP contribution >= 0.6 is 12.6 Å². The summed E-state index contributed by atoms with van der Waals surface area (Å²) in [6.45, 7) is 1.03. The lowest BCUT2D eigenvalue weighted by atomic mass is 10.2. The monoisotopic (exact) mass is 190 g/mol. The van der Waals surface area contributed by atoms with Crippen LogP contribution in [0.1, 0.15) is 25.7 Å². The summed E-state index contributed by atoms with van der Waals surface area (Å²) in [5.41, 5.74) is 0.712. The summed E-state index contributed by atoms with van der Waals surface area (Å²) in [5.74, 6) is 1.06. The summed E-state index contributed by atoms with van der Waals surface area (Å²) in [7, 11) is 0.0834. The van der Waals surface area contributed by atoms with Crippen molar-refractivity contribution < 1.29 is 4.74 Å². The third kappa shape index (κ3) is 4.18. The molecule has 0 spiro atoms. The van der Waals surface area contributed by atoms with Crippen molar-refractivity contribution in [2.45, 2.75) is 37.5 Å². The lowest BCUT2D eigenvalue weighted by molar-refractivity contribution is 0.0650. The largest absolute Gasteiger partial charge is 0.382 e. The summed E-state index contributed by atoms with van der Waals surface area (Å²) >= 11 is 4.20. The Morgan fingerprint density at radius 2 is 2.36 bits per heavy atom. The quantitative estimate of drug-likeness (QED) is 0.401. The Balaban J connectivity index is 1.96. The lowest BCUT2D eigenvalue weighted by Crippen LogP contribution is -2.25. The maximum atomic E-state index is 5.66. The predicted molar refractivity (Wildman–Crippen MR) is 55.4 cm³/mol. The smallest absolute Gasteiger partial charge is 0.0556 e. The highest BCUT2D eigenvalue weighted by molar-refractivity contribution is 7.80. The molecule has 3 heteroatoms. The second-order valence-electron chi connectivity index (χ2n) is 3.21. The SMILES string of the molecule is SCCC[SiH2]C1CCCCO1. The van der Waals surface area contributed by atoms with Gasteiger partial charge in [0.05, 0.1) is 9.52 Å². The van der Waals surface area contributed by atoms with Gasteiger partial charge in [0.15, 0.2) is 0 Å². The molecule has 0 aromatic rings. The Morgan fingerprint density at radius 1 is 1.45 bits per heavy atom. The zero-order chi connectivity index (χ0) is 7.94. The zero-order valence-corrected chi connectivity index (χ0v) is 9.40. The molecule has 0 N–H and O–H groups in total. The minimum absolute atomic E-state index is 0.0834. The van der Waals surface area contributed by atoms with E-state index in [1.54, 1.807) is 0 Å². The van der Waals surface area contributed by atoms with Gasteiger partial charge in [-0.05, 0) is 31.4 Å². The van der Waals surface area contributed by atoms with Gasteiger partial charge in [-0.15, -0.1) is 0 Å². The van der Waals surface area contributed by atoms with Crippen LogP contribution in [0, 0.1) is 0 Å². The number of thiol groups is 1. The average molecular weight is 190 g/mol. The minimum Gasteiger partial charge on any atom is -0.382 e. The number of rotatable bonds is 4. The first-order valence-corrected chi connectivity index (χ1v) is 7.11. The van der Waals surface area contributed by atoms with Gasteiger partial charge in [-0.1, -0.05) is 6.04 Å². The molecule has 0 aromatic carbocycles. The standard InChI is InChI=1S/C8H18OSSi/c10-6-3-7-11-8-4-1-2-5-9-8/h8,10H,1-7,11H2. The van der Waals surface area contributed by atoms with Gasteiger partial charge in [0, 0.05) is 12.3 Å². The Bertz CT molecular complexity index is 94.1. The molecule has 66 valence electrons. The fourth-order valence-electron chi connectivity index (χ4n) is 1.52. The molecule has 0 radical (unpaired) electrons. The van der Waals surface area contributed by atoms with E-state index in [4.69, 9.17) is 4.74 Å². The summed E-state index contributed by atoms with van der Waals surface area (Å²) in [6, 6.07) is 1.42. The molecule has 11 heavy (non-hydrogen) atoms. The van der Waals surface area contributed by atoms with Crippen LogP contribution in [0.15, 0.2) is 0 Å². The normalized spacial score (nSPS) is 26.5. The highest BCUT2D eigenvalue weighted by Gasteiger charge is 2.12. The van der Waals surface area contributed by atoms with Crippen molar-refractivity contribution in [2.75, 3.05) is 12.4 Å². The maximum Gasteiger partial charge on any atom is 0.0556 e. The molecule has 1 aliphatic heterocycles. The molecule has 1 fully saturated rings. The summed E-state index contributed by atoms with van der Waals surface area (Å²) < 4.78 is 5.66. The molecular formula is C8H18OSSi. The second-order valence-corrected chi connectivity index (χ2v) is 5.85. The van der Waals surface area contributed by atoms with Gasteiger partial charge in [-0.2, -0.15) is 12.6 Å². The highest BCUT2D eigenvalue weighted by Crippen LogP contribution is 2.12. The average Bonchev–Trinajstić information content (AvgIpc) is 2.07. The summed E-state index contributed by atoms with van der Waals surface area (Å²) in [6.07, 6.45) is 5.34. The van der Waals surface area contributed by atoms with Gasteiger partial charge < -0.3 is 4.74 Å². The molecule has 1 atom stereocenters. The Hall–Kier alpha value is 0.527. The van der Waals surface area contributed by atoms with Gasteiger partial charge in [0.25, 0.3) is 0 Å². The molecule has 1 saturated heterocycles. The molecule has 1 nitrogen and oxygen atoms in total. The van der Waals surface area contributed by atoms with E-state index >= 15 is 0 Å². The first-order valence-electron chi connectivity index (χ1n) is 4.66. The second kappa shape index (κ2) is 6.09. The molecule has 0 bridgehead atoms. The first kappa shape index (κ1) is 9.61. The molecular weight excluding hydrogens is 172 g/mol. The van der Waals surface area contributed by atoms with Crippen LogP contribution in [0.5, 0.6) is 0 Å². The summed E-state index contributed by atoms with van der Waals surface area (Å²) in [5, 5.41) is 0. The fraction of sp³-hybridized carbons (Fsp3) is 1.00. The van der Waals surface area contributed by atoms with Crippen molar-refractivity contribution in [2.24, 2.45) is 0 Å². The Morgan fingerprint density at radius 3 is 3.00 bits per heavy atom. The van der Waals surface area contributed by atoms with Crippen molar-refractivity contribution >= 4 is 22.1 Å². The van der Waals surface area contributed by atoms with Crippen LogP contribution in [-0.2, 0) is 4.74 Å². The van der Waals surface area contributed by atoms with Crippen LogP contribution < -0.4 is 0 Å². The molecule has 1 aliphatic rings. The van der Waals surface area contributed by atoms with E-state index in [1.165, 1.54) is 31.7 Å². The predicted octanol–water partition coefficient (Wildman–Crippen LogP) is 1.42. The Kier molecular flexibility index (Phi) is 5.32. The van der Waals surface area contributed by atoms with Crippen molar-refractivity contribution in [3.8, 4) is 0 Å². The molecule has 0 aliphatic carbocycles. The van der Waals surface area contributed by atoms with E-state index in [9.17, 15) is 0 Å². The van der Waals surface area contributed by atoms with Crippen molar-refractivity contribution in [3.05, 3.63) is 0 Å². The Labute approximate surface area is 77.1 Å². The van der Waals surface area contributed by atoms with Crippen molar-refractivity contribution in [1.82, 2.24) is 0 Å². The van der Waals surface area contributed by atoms with E-state index in [2.05, 4.69) is 12.6 Å². The fourth-order valence-corrected chi connectivity index (χ4v) is 4.07. The molecule has 0 amide bonds. The van der Waals surface area contributed by atoms with Crippen LogP contribution in [0.25, 0.3) is 0 Å². The van der Waals surface area contributed by atoms with Crippen LogP contribution in [0.3, 0.4) is 0 Å². The van der Waals surface area contributed by atoms with E-state index in [0.29, 0.717) is 5.73 Å². The highest BCUT2D eigenvalue weighted by atomic mass is 32.1. The van der Waals surface area contributed by atoms with Crippen LogP contribution in [0.2, 0.25) is 6.04 Å². The summed E-state index contributed by atoms with van der Waals surface area (Å²) in [4.78, 5) is 0. The number of hydrogen-bond acceptors (Lipinski definition) is 2. The first-order chi connectivity index (χ1) is 5.43. The molecule has 1 heterocycles. The topological polar surface area (TPSA) is 9.23 Å². The van der Waals surface area contributed by atoms with Gasteiger partial charge in [0.2, 0.25) is 0 Å². The third-order valence-corrected chi connectivity index (χ3v) is 4.72. The lowest BCUT2D eigenvalue weighted by Gasteiger charge is -2.21. The van der Waals surface area contributed by atoms with E-state index in [1.807, 2.05) is 0 Å². The number of ether oxygens (including phenoxy) is 1. The van der Waals surface area contributed by atoms with Crippen molar-refractivity contribution in [1.29, 1.82) is 0 Å². The van der Waals surface area contributed by atoms with Gasteiger partial charge >= 0.3 is 0 Å². The molecule has 1 unspecified atom stereocenters. The maximum absolute atomic E-state index is 5.66. The van der Waals surface area contributed by atoms with Gasteiger partial charge in [0.1, 0.15) is 0 Å². The zero-order valence-electron chi connectivity index (χ0n) is 7.09. The molecule has 1 rings (SSSR count). The van der Waals surface area contributed by atoms with Crippen LogP contribution in [-0.4, -0.2) is 27.6 Å². The third-order valence-electron chi connectivity index (χ3n) is 2.21. The van der Waals surface area contributed by atoms with E-state index < -0.39 is 0 Å². The van der Waals surface area contributed by atoms with E-state index in [-0.39, 0.29) is 9.52 Å². The number of hydrogen-bond donors (Lipinski definition) is 1. The molecule has 0 aromatic heterocycles. The van der Waals surface area contributed by atoms with Gasteiger partial charge in [-0.3, -0.25) is 0 Å². The van der Waals surface area contributed by atoms with Crippen molar-refractivity contribution in [3.63, 3.8) is 0 Å². The minimum atomic E-state index is 0.0834. The molecule has 0 saturated carbocycles.